The SMILES string of the molecule is C=C1CCC(N2C(=O)c3cccc(NC(=O)CCOCCOCCOCCC)c3C2=O)C(=O)N1. The molecule has 10 heteroatoms. The van der Waals surface area contributed by atoms with Crippen LogP contribution in [0.25, 0.3) is 0 Å². The maximum Gasteiger partial charge on any atom is 0.264 e. The second-order valence-corrected chi connectivity index (χ2v) is 7.99. The molecule has 2 heterocycles. The average molecular weight is 474 g/mol. The first-order chi connectivity index (χ1) is 16.4. The Morgan fingerprint density at radius 2 is 1.74 bits per heavy atom. The van der Waals surface area contributed by atoms with Crippen LogP contribution in [0, 0.1) is 0 Å². The van der Waals surface area contributed by atoms with Crippen LogP contribution >= 0.6 is 0 Å². The van der Waals surface area contributed by atoms with Gasteiger partial charge in [-0.25, -0.2) is 0 Å². The van der Waals surface area contributed by atoms with Crippen molar-refractivity contribution in [2.45, 2.75) is 38.6 Å². The van der Waals surface area contributed by atoms with Gasteiger partial charge in [0.05, 0.1) is 56.3 Å². The maximum atomic E-state index is 13.1. The molecule has 0 spiro atoms. The fourth-order valence-electron chi connectivity index (χ4n) is 3.76. The van der Waals surface area contributed by atoms with E-state index in [1.165, 1.54) is 6.07 Å². The van der Waals surface area contributed by atoms with Gasteiger partial charge in [-0.2, -0.15) is 0 Å². The third-order valence-electron chi connectivity index (χ3n) is 5.42. The highest BCUT2D eigenvalue weighted by molar-refractivity contribution is 6.25. The van der Waals surface area contributed by atoms with E-state index in [-0.39, 0.29) is 35.7 Å². The molecule has 2 N–H and O–H groups in total. The molecule has 10 nitrogen and oxygen atoms in total. The van der Waals surface area contributed by atoms with Crippen molar-refractivity contribution in [2.24, 2.45) is 0 Å². The number of benzene rings is 1. The Morgan fingerprint density at radius 3 is 2.41 bits per heavy atom. The number of piperidine rings is 1. The van der Waals surface area contributed by atoms with Crippen LogP contribution in [-0.2, 0) is 23.8 Å². The highest BCUT2D eigenvalue weighted by Crippen LogP contribution is 2.32. The van der Waals surface area contributed by atoms with Crippen LogP contribution in [0.4, 0.5) is 5.69 Å². The number of rotatable bonds is 13. The molecule has 0 aromatic heterocycles. The standard InChI is InChI=1S/C24H31N3O7/c1-3-10-32-12-14-34-15-13-33-11-9-20(28)26-18-6-4-5-17-21(18)24(31)27(23(17)30)19-8-7-16(2)25-22(19)29/h4-6,19H,2-3,7-15H2,1H3,(H,25,29)(H,26,28). The highest BCUT2D eigenvalue weighted by Gasteiger charge is 2.45. The second kappa shape index (κ2) is 12.4. The first-order valence-electron chi connectivity index (χ1n) is 11.5. The summed E-state index contributed by atoms with van der Waals surface area (Å²) in [6.07, 6.45) is 1.83. The molecule has 1 atom stereocenters. The smallest absolute Gasteiger partial charge is 0.264 e. The minimum absolute atomic E-state index is 0.0717. The van der Waals surface area contributed by atoms with Crippen molar-refractivity contribution in [3.63, 3.8) is 0 Å². The van der Waals surface area contributed by atoms with Crippen molar-refractivity contribution in [1.82, 2.24) is 10.2 Å². The Kier molecular flexibility index (Phi) is 9.32. The fourth-order valence-corrected chi connectivity index (χ4v) is 3.76. The van der Waals surface area contributed by atoms with Gasteiger partial charge in [0, 0.05) is 12.3 Å². The maximum absolute atomic E-state index is 13.1. The summed E-state index contributed by atoms with van der Waals surface area (Å²) in [5.41, 5.74) is 1.05. The van der Waals surface area contributed by atoms with Crippen molar-refractivity contribution in [3.05, 3.63) is 41.6 Å². The minimum atomic E-state index is -0.907. The third kappa shape index (κ3) is 6.28. The van der Waals surface area contributed by atoms with Crippen LogP contribution in [-0.4, -0.2) is 74.2 Å². The number of carbonyl (C=O) groups excluding carboxylic acids is 4. The van der Waals surface area contributed by atoms with Crippen LogP contribution in [0.2, 0.25) is 0 Å². The zero-order valence-corrected chi connectivity index (χ0v) is 19.4. The number of allylic oxidation sites excluding steroid dienone is 1. The predicted molar refractivity (Wildman–Crippen MR) is 123 cm³/mol. The number of amides is 4. The van der Waals surface area contributed by atoms with Gasteiger partial charge in [0.2, 0.25) is 11.8 Å². The van der Waals surface area contributed by atoms with E-state index in [2.05, 4.69) is 17.2 Å². The minimum Gasteiger partial charge on any atom is -0.379 e. The van der Waals surface area contributed by atoms with Gasteiger partial charge in [-0.3, -0.25) is 24.1 Å². The Bertz CT molecular complexity index is 946. The lowest BCUT2D eigenvalue weighted by Gasteiger charge is -2.29. The Morgan fingerprint density at radius 1 is 1.06 bits per heavy atom. The first kappa shape index (κ1) is 25.5. The van der Waals surface area contributed by atoms with Gasteiger partial charge in [-0.05, 0) is 31.4 Å². The van der Waals surface area contributed by atoms with E-state index in [0.717, 1.165) is 11.3 Å². The van der Waals surface area contributed by atoms with Gasteiger partial charge in [0.15, 0.2) is 0 Å². The fraction of sp³-hybridized carbons (Fsp3) is 0.500. The lowest BCUT2D eigenvalue weighted by molar-refractivity contribution is -0.125. The molecule has 4 amide bonds. The number of imide groups is 1. The van der Waals surface area contributed by atoms with Gasteiger partial charge in [0.1, 0.15) is 6.04 Å². The second-order valence-electron chi connectivity index (χ2n) is 7.99. The number of hydrogen-bond acceptors (Lipinski definition) is 7. The van der Waals surface area contributed by atoms with Crippen molar-refractivity contribution in [3.8, 4) is 0 Å². The first-order valence-corrected chi connectivity index (χ1v) is 11.5. The molecule has 0 radical (unpaired) electrons. The van der Waals surface area contributed by atoms with Crippen LogP contribution in [0.15, 0.2) is 30.5 Å². The summed E-state index contributed by atoms with van der Waals surface area (Å²) in [5, 5.41) is 5.28. The molecular weight excluding hydrogens is 442 g/mol. The molecule has 1 fully saturated rings. The van der Waals surface area contributed by atoms with Crippen molar-refractivity contribution >= 4 is 29.3 Å². The van der Waals surface area contributed by atoms with Crippen LogP contribution in [0.1, 0.15) is 53.3 Å². The van der Waals surface area contributed by atoms with Crippen molar-refractivity contribution < 1.29 is 33.4 Å². The molecule has 1 aromatic carbocycles. The number of nitrogens with zero attached hydrogens (tertiary/aromatic N) is 1. The number of nitrogens with one attached hydrogen (secondary N) is 2. The van der Waals surface area contributed by atoms with Crippen molar-refractivity contribution in [1.29, 1.82) is 0 Å². The molecule has 3 rings (SSSR count). The summed E-state index contributed by atoms with van der Waals surface area (Å²) in [7, 11) is 0. The Hall–Kier alpha value is -3.08. The number of fused-ring (bicyclic) bond motifs is 1. The summed E-state index contributed by atoms with van der Waals surface area (Å²) in [6, 6.07) is 3.75. The molecule has 2 aliphatic rings. The average Bonchev–Trinajstić information content (AvgIpc) is 3.06. The third-order valence-corrected chi connectivity index (χ3v) is 5.42. The summed E-state index contributed by atoms with van der Waals surface area (Å²) in [4.78, 5) is 51.7. The van der Waals surface area contributed by atoms with Crippen LogP contribution in [0.3, 0.4) is 0 Å². The molecule has 1 saturated heterocycles. The molecule has 34 heavy (non-hydrogen) atoms. The molecular formula is C24H31N3O7. The van der Waals surface area contributed by atoms with E-state index in [1.807, 2.05) is 6.92 Å². The summed E-state index contributed by atoms with van der Waals surface area (Å²) in [6.45, 7) is 8.43. The number of carbonyl (C=O) groups is 4. The molecule has 184 valence electrons. The van der Waals surface area contributed by atoms with Crippen LogP contribution in [0.5, 0.6) is 0 Å². The topological polar surface area (TPSA) is 123 Å². The molecule has 1 aromatic rings. The quantitative estimate of drug-likeness (QED) is 0.331. The lowest BCUT2D eigenvalue weighted by Crippen LogP contribution is -2.51. The molecule has 0 bridgehead atoms. The number of ether oxygens (including phenoxy) is 3. The Labute approximate surface area is 198 Å². The highest BCUT2D eigenvalue weighted by atomic mass is 16.5. The largest absolute Gasteiger partial charge is 0.379 e. The number of anilines is 1. The lowest BCUT2D eigenvalue weighted by atomic mass is 10.0. The van der Waals surface area contributed by atoms with E-state index in [1.54, 1.807) is 12.1 Å². The van der Waals surface area contributed by atoms with E-state index in [4.69, 9.17) is 14.2 Å². The van der Waals surface area contributed by atoms with Gasteiger partial charge in [0.25, 0.3) is 11.8 Å². The summed E-state index contributed by atoms with van der Waals surface area (Å²) >= 11 is 0. The van der Waals surface area contributed by atoms with Gasteiger partial charge >= 0.3 is 0 Å². The Balaban J connectivity index is 1.48. The molecule has 0 aliphatic carbocycles. The van der Waals surface area contributed by atoms with E-state index < -0.39 is 23.8 Å². The zero-order valence-electron chi connectivity index (χ0n) is 19.4. The van der Waals surface area contributed by atoms with E-state index in [0.29, 0.717) is 51.6 Å². The molecule has 1 unspecified atom stereocenters. The summed E-state index contributed by atoms with van der Waals surface area (Å²) in [5.74, 6) is -1.94. The normalized spacial score (nSPS) is 17.7. The van der Waals surface area contributed by atoms with E-state index >= 15 is 0 Å². The van der Waals surface area contributed by atoms with Gasteiger partial charge in [-0.1, -0.05) is 19.6 Å². The zero-order chi connectivity index (χ0) is 24.5. The molecule has 2 aliphatic heterocycles. The van der Waals surface area contributed by atoms with E-state index in [9.17, 15) is 19.2 Å². The summed E-state index contributed by atoms with van der Waals surface area (Å²) < 4.78 is 16.1. The van der Waals surface area contributed by atoms with Gasteiger partial charge in [-0.15, -0.1) is 0 Å². The number of hydrogen-bond donors (Lipinski definition) is 2. The van der Waals surface area contributed by atoms with Crippen molar-refractivity contribution in [2.75, 3.05) is 45.0 Å². The monoisotopic (exact) mass is 473 g/mol. The predicted octanol–water partition coefficient (Wildman–Crippen LogP) is 1.86. The van der Waals surface area contributed by atoms with Gasteiger partial charge < -0.3 is 24.8 Å². The van der Waals surface area contributed by atoms with Crippen LogP contribution < -0.4 is 10.6 Å². The molecule has 0 saturated carbocycles.